The first-order valence-corrected chi connectivity index (χ1v) is 11.9. The third-order valence-electron chi connectivity index (χ3n) is 6.32. The Balaban J connectivity index is 1.34. The van der Waals surface area contributed by atoms with Gasteiger partial charge in [0.25, 0.3) is 5.91 Å². The monoisotopic (exact) mass is 416 g/mol. The Labute approximate surface area is 172 Å². The van der Waals surface area contributed by atoms with Crippen molar-refractivity contribution in [1.29, 1.82) is 0 Å². The van der Waals surface area contributed by atoms with E-state index in [9.17, 15) is 13.2 Å². The predicted octanol–water partition coefficient (Wildman–Crippen LogP) is 3.85. The summed E-state index contributed by atoms with van der Waals surface area (Å²) in [5.74, 6) is 2.00. The second kappa shape index (κ2) is 8.71. The summed E-state index contributed by atoms with van der Waals surface area (Å²) in [4.78, 5) is 12.8. The van der Waals surface area contributed by atoms with E-state index in [0.29, 0.717) is 11.3 Å². The molecule has 2 aliphatic carbocycles. The molecule has 1 aromatic heterocycles. The molecule has 1 aromatic carbocycles. The summed E-state index contributed by atoms with van der Waals surface area (Å²) in [5.41, 5.74) is 0.487. The van der Waals surface area contributed by atoms with Crippen molar-refractivity contribution < 1.29 is 17.6 Å². The SMILES string of the molecule is O=C(NC1CCC2CCCCC2C1)c1ccc(S(=O)(=O)NCc2ccco2)cc1. The Morgan fingerprint density at radius 1 is 1.00 bits per heavy atom. The van der Waals surface area contributed by atoms with Crippen molar-refractivity contribution in [2.24, 2.45) is 11.8 Å². The van der Waals surface area contributed by atoms with Crippen molar-refractivity contribution in [3.05, 3.63) is 54.0 Å². The van der Waals surface area contributed by atoms with E-state index in [1.165, 1.54) is 50.5 Å². The predicted molar refractivity (Wildman–Crippen MR) is 110 cm³/mol. The smallest absolute Gasteiger partial charge is 0.251 e. The lowest BCUT2D eigenvalue weighted by Crippen LogP contribution is -2.41. The van der Waals surface area contributed by atoms with Gasteiger partial charge in [-0.1, -0.05) is 25.7 Å². The quantitative estimate of drug-likeness (QED) is 0.749. The molecule has 2 aliphatic rings. The Morgan fingerprint density at radius 2 is 1.76 bits per heavy atom. The van der Waals surface area contributed by atoms with Crippen LogP contribution in [0.25, 0.3) is 0 Å². The normalized spacial score (nSPS) is 24.6. The molecule has 1 heterocycles. The molecule has 6 nitrogen and oxygen atoms in total. The topological polar surface area (TPSA) is 88.4 Å². The maximum absolute atomic E-state index is 12.6. The van der Waals surface area contributed by atoms with Gasteiger partial charge in [0.15, 0.2) is 0 Å². The van der Waals surface area contributed by atoms with Gasteiger partial charge in [0.2, 0.25) is 10.0 Å². The minimum atomic E-state index is -3.66. The van der Waals surface area contributed by atoms with Crippen LogP contribution in [-0.4, -0.2) is 20.4 Å². The van der Waals surface area contributed by atoms with E-state index >= 15 is 0 Å². The maximum Gasteiger partial charge on any atom is 0.251 e. The van der Waals surface area contributed by atoms with Crippen molar-refractivity contribution >= 4 is 15.9 Å². The van der Waals surface area contributed by atoms with Gasteiger partial charge >= 0.3 is 0 Å². The fourth-order valence-corrected chi connectivity index (χ4v) is 5.71. The number of carbonyl (C=O) groups excluding carboxylic acids is 1. The van der Waals surface area contributed by atoms with Crippen LogP contribution in [0.4, 0.5) is 0 Å². The third-order valence-corrected chi connectivity index (χ3v) is 7.74. The van der Waals surface area contributed by atoms with E-state index < -0.39 is 10.0 Å². The zero-order chi connectivity index (χ0) is 20.3. The van der Waals surface area contributed by atoms with Crippen molar-refractivity contribution in [2.45, 2.75) is 62.4 Å². The van der Waals surface area contributed by atoms with Crippen LogP contribution in [0.2, 0.25) is 0 Å². The van der Waals surface area contributed by atoms with Crippen molar-refractivity contribution in [2.75, 3.05) is 0 Å². The number of amides is 1. The molecule has 0 saturated heterocycles. The van der Waals surface area contributed by atoms with Crippen molar-refractivity contribution in [1.82, 2.24) is 10.0 Å². The van der Waals surface area contributed by atoms with E-state index in [4.69, 9.17) is 4.42 Å². The molecule has 7 heteroatoms. The average Bonchev–Trinajstić information content (AvgIpc) is 3.26. The van der Waals surface area contributed by atoms with E-state index in [1.807, 2.05) is 0 Å². The number of nitrogens with one attached hydrogen (secondary N) is 2. The van der Waals surface area contributed by atoms with Crippen LogP contribution in [-0.2, 0) is 16.6 Å². The Hall–Kier alpha value is -2.12. The first-order valence-electron chi connectivity index (χ1n) is 10.4. The average molecular weight is 417 g/mol. The number of hydrogen-bond donors (Lipinski definition) is 2. The molecule has 0 spiro atoms. The second-order valence-electron chi connectivity index (χ2n) is 8.22. The third kappa shape index (κ3) is 4.90. The number of furan rings is 1. The van der Waals surface area contributed by atoms with Crippen LogP contribution in [0.1, 0.15) is 61.1 Å². The molecule has 156 valence electrons. The van der Waals surface area contributed by atoms with Crippen LogP contribution >= 0.6 is 0 Å². The number of hydrogen-bond acceptors (Lipinski definition) is 4. The van der Waals surface area contributed by atoms with Crippen molar-refractivity contribution in [3.63, 3.8) is 0 Å². The van der Waals surface area contributed by atoms with Gasteiger partial charge in [-0.05, 0) is 67.5 Å². The van der Waals surface area contributed by atoms with E-state index in [-0.39, 0.29) is 23.4 Å². The summed E-state index contributed by atoms with van der Waals surface area (Å²) in [7, 11) is -3.66. The van der Waals surface area contributed by atoms with Crippen LogP contribution in [0.5, 0.6) is 0 Å². The zero-order valence-corrected chi connectivity index (χ0v) is 17.3. The van der Waals surface area contributed by atoms with Gasteiger partial charge in [-0.3, -0.25) is 4.79 Å². The first kappa shape index (κ1) is 20.2. The zero-order valence-electron chi connectivity index (χ0n) is 16.5. The lowest BCUT2D eigenvalue weighted by atomic mass is 9.69. The fourth-order valence-electron chi connectivity index (χ4n) is 4.72. The molecule has 2 fully saturated rings. The number of carbonyl (C=O) groups is 1. The summed E-state index contributed by atoms with van der Waals surface area (Å²) in [5, 5.41) is 3.15. The molecule has 3 atom stereocenters. The largest absolute Gasteiger partial charge is 0.468 e. The van der Waals surface area contributed by atoms with Gasteiger partial charge in [-0.2, -0.15) is 0 Å². The highest BCUT2D eigenvalue weighted by atomic mass is 32.2. The molecule has 29 heavy (non-hydrogen) atoms. The van der Waals surface area contributed by atoms with Gasteiger partial charge < -0.3 is 9.73 Å². The molecular formula is C22H28N2O4S. The van der Waals surface area contributed by atoms with Crippen molar-refractivity contribution in [3.8, 4) is 0 Å². The van der Waals surface area contributed by atoms with E-state index in [0.717, 1.165) is 24.7 Å². The lowest BCUT2D eigenvalue weighted by Gasteiger charge is -2.39. The highest BCUT2D eigenvalue weighted by Crippen LogP contribution is 2.40. The standard InChI is InChI=1S/C22H28N2O4S/c25-22(24-19-10-7-16-4-1-2-5-18(16)14-19)17-8-11-21(12-9-17)29(26,27)23-15-20-6-3-13-28-20/h3,6,8-9,11-13,16,18-19,23H,1-2,4-5,7,10,14-15H2,(H,24,25). The molecule has 0 aliphatic heterocycles. The molecule has 2 saturated carbocycles. The van der Waals surface area contributed by atoms with E-state index in [1.54, 1.807) is 24.3 Å². The maximum atomic E-state index is 12.6. The van der Waals surface area contributed by atoms with Crippen LogP contribution in [0.15, 0.2) is 52.0 Å². The second-order valence-corrected chi connectivity index (χ2v) is 9.98. The molecule has 2 aromatic rings. The van der Waals surface area contributed by atoms with Gasteiger partial charge in [0, 0.05) is 11.6 Å². The number of rotatable bonds is 6. The summed E-state index contributed by atoms with van der Waals surface area (Å²) in [6.07, 6.45) is 10.1. The molecular weight excluding hydrogens is 388 g/mol. The number of benzene rings is 1. The lowest BCUT2D eigenvalue weighted by molar-refractivity contribution is 0.0879. The molecule has 1 amide bonds. The Morgan fingerprint density at radius 3 is 2.48 bits per heavy atom. The van der Waals surface area contributed by atoms with Crippen LogP contribution < -0.4 is 10.0 Å². The minimum Gasteiger partial charge on any atom is -0.468 e. The van der Waals surface area contributed by atoms with Gasteiger partial charge in [-0.25, -0.2) is 13.1 Å². The summed E-state index contributed by atoms with van der Waals surface area (Å²) < 4.78 is 32.4. The van der Waals surface area contributed by atoms with Crippen LogP contribution in [0, 0.1) is 11.8 Å². The highest BCUT2D eigenvalue weighted by Gasteiger charge is 2.32. The summed E-state index contributed by atoms with van der Waals surface area (Å²) >= 11 is 0. The Kier molecular flexibility index (Phi) is 6.06. The Bertz CT molecular complexity index is 922. The van der Waals surface area contributed by atoms with E-state index in [2.05, 4.69) is 10.0 Å². The van der Waals surface area contributed by atoms with Gasteiger partial charge in [0.05, 0.1) is 17.7 Å². The highest BCUT2D eigenvalue weighted by molar-refractivity contribution is 7.89. The van der Waals surface area contributed by atoms with Crippen LogP contribution in [0.3, 0.4) is 0 Å². The summed E-state index contributed by atoms with van der Waals surface area (Å²) in [6.45, 7) is 0.0847. The summed E-state index contributed by atoms with van der Waals surface area (Å²) in [6, 6.07) is 9.72. The van der Waals surface area contributed by atoms with Gasteiger partial charge in [-0.15, -0.1) is 0 Å². The molecule has 0 radical (unpaired) electrons. The van der Waals surface area contributed by atoms with Gasteiger partial charge in [0.1, 0.15) is 5.76 Å². The minimum absolute atomic E-state index is 0.0847. The fraction of sp³-hybridized carbons (Fsp3) is 0.500. The number of sulfonamides is 1. The molecule has 0 bridgehead atoms. The number of fused-ring (bicyclic) bond motifs is 1. The molecule has 4 rings (SSSR count). The molecule has 2 N–H and O–H groups in total. The molecule has 3 unspecified atom stereocenters. The first-order chi connectivity index (χ1) is 14.0.